The van der Waals surface area contributed by atoms with Crippen LogP contribution in [0.15, 0.2) is 24.5 Å². The standard InChI is InChI=1S/C14H13N2OS/c1-8-11-12-10(7-16(3)14(12)18-8)17-9-5-4-6-15(2)13(9)11/h4-7H,1-3H3/q+1. The van der Waals surface area contributed by atoms with Crippen molar-refractivity contribution in [1.82, 2.24) is 4.57 Å². The molecule has 4 rings (SSSR count). The summed E-state index contributed by atoms with van der Waals surface area (Å²) in [5.41, 5.74) is 2.51. The Bertz CT molecular complexity index is 798. The summed E-state index contributed by atoms with van der Waals surface area (Å²) in [6.07, 6.45) is 4.14. The Morgan fingerprint density at radius 3 is 3.00 bits per heavy atom. The minimum absolute atomic E-state index is 0.946. The van der Waals surface area contributed by atoms with Crippen molar-refractivity contribution in [3.8, 4) is 22.8 Å². The Morgan fingerprint density at radius 2 is 2.17 bits per heavy atom. The molecule has 90 valence electrons. The van der Waals surface area contributed by atoms with Crippen LogP contribution in [0.4, 0.5) is 0 Å². The van der Waals surface area contributed by atoms with E-state index < -0.39 is 0 Å². The highest BCUT2D eigenvalue weighted by molar-refractivity contribution is 7.19. The monoisotopic (exact) mass is 257 g/mol. The summed E-state index contributed by atoms with van der Waals surface area (Å²) in [6, 6.07) is 4.06. The third kappa shape index (κ3) is 1.06. The smallest absolute Gasteiger partial charge is 0.257 e. The lowest BCUT2D eigenvalue weighted by Gasteiger charge is -2.13. The van der Waals surface area contributed by atoms with Gasteiger partial charge in [-0.2, -0.15) is 4.57 Å². The van der Waals surface area contributed by atoms with Crippen LogP contribution in [0.3, 0.4) is 0 Å². The average Bonchev–Trinajstić information content (AvgIpc) is 2.82. The van der Waals surface area contributed by atoms with Crippen LogP contribution < -0.4 is 9.30 Å². The molecule has 0 aliphatic carbocycles. The van der Waals surface area contributed by atoms with Gasteiger partial charge in [-0.05, 0) is 13.0 Å². The summed E-state index contributed by atoms with van der Waals surface area (Å²) in [5.74, 6) is 1.92. The van der Waals surface area contributed by atoms with Gasteiger partial charge in [0.2, 0.25) is 0 Å². The normalized spacial score (nSPS) is 12.6. The molecule has 0 radical (unpaired) electrons. The van der Waals surface area contributed by atoms with Crippen molar-refractivity contribution in [1.29, 1.82) is 0 Å². The van der Waals surface area contributed by atoms with Gasteiger partial charge >= 0.3 is 0 Å². The topological polar surface area (TPSA) is 18.0 Å². The molecule has 4 heterocycles. The Morgan fingerprint density at radius 1 is 1.33 bits per heavy atom. The van der Waals surface area contributed by atoms with Crippen molar-refractivity contribution in [3.05, 3.63) is 29.4 Å². The fraction of sp³-hybridized carbons (Fsp3) is 0.214. The molecule has 0 amide bonds. The third-order valence-corrected chi connectivity index (χ3v) is 4.74. The summed E-state index contributed by atoms with van der Waals surface area (Å²) in [5, 5.41) is 1.26. The van der Waals surface area contributed by atoms with Gasteiger partial charge in [0.1, 0.15) is 11.9 Å². The highest BCUT2D eigenvalue weighted by Gasteiger charge is 2.32. The largest absolute Gasteiger partial charge is 0.448 e. The predicted molar refractivity (Wildman–Crippen MR) is 72.2 cm³/mol. The molecule has 0 N–H and O–H groups in total. The molecule has 0 unspecified atom stereocenters. The summed E-state index contributed by atoms with van der Waals surface area (Å²) in [4.78, 5) is 2.64. The Labute approximate surface area is 109 Å². The van der Waals surface area contributed by atoms with Crippen molar-refractivity contribution in [2.75, 3.05) is 0 Å². The van der Waals surface area contributed by atoms with Gasteiger partial charge in [0, 0.05) is 24.2 Å². The zero-order chi connectivity index (χ0) is 12.4. The number of thiophene rings is 1. The molecule has 0 bridgehead atoms. The molecule has 0 saturated heterocycles. The maximum Gasteiger partial charge on any atom is 0.257 e. The molecule has 1 aliphatic heterocycles. The molecule has 18 heavy (non-hydrogen) atoms. The van der Waals surface area contributed by atoms with E-state index in [1.54, 1.807) is 0 Å². The lowest BCUT2D eigenvalue weighted by molar-refractivity contribution is -0.660. The van der Waals surface area contributed by atoms with Crippen LogP contribution in [-0.2, 0) is 14.1 Å². The number of hydrogen-bond donors (Lipinski definition) is 0. The van der Waals surface area contributed by atoms with Crippen LogP contribution in [-0.4, -0.2) is 4.57 Å². The molecule has 0 saturated carbocycles. The lowest BCUT2D eigenvalue weighted by atomic mass is 10.1. The quantitative estimate of drug-likeness (QED) is 0.443. The van der Waals surface area contributed by atoms with Gasteiger partial charge in [0.05, 0.1) is 10.9 Å². The van der Waals surface area contributed by atoms with Crippen LogP contribution in [0.5, 0.6) is 11.5 Å². The maximum absolute atomic E-state index is 6.03. The van der Waals surface area contributed by atoms with Crippen LogP contribution >= 0.6 is 11.3 Å². The van der Waals surface area contributed by atoms with Crippen LogP contribution in [0.25, 0.3) is 21.5 Å². The van der Waals surface area contributed by atoms with Crippen LogP contribution in [0, 0.1) is 6.92 Å². The number of ether oxygens (including phenoxy) is 1. The first kappa shape index (κ1) is 10.1. The van der Waals surface area contributed by atoms with Crippen molar-refractivity contribution in [2.45, 2.75) is 6.92 Å². The minimum atomic E-state index is 0.946. The second kappa shape index (κ2) is 3.14. The number of nitrogens with zero attached hydrogens (tertiary/aromatic N) is 2. The number of fused-ring (bicyclic) bond motifs is 2. The van der Waals surface area contributed by atoms with Crippen LogP contribution in [0.2, 0.25) is 0 Å². The highest BCUT2D eigenvalue weighted by Crippen LogP contribution is 2.50. The zero-order valence-electron chi connectivity index (χ0n) is 10.5. The maximum atomic E-state index is 6.03. The number of aryl methyl sites for hydroxylation is 3. The first-order chi connectivity index (χ1) is 8.66. The minimum Gasteiger partial charge on any atom is -0.448 e. The second-order valence-corrected chi connectivity index (χ2v) is 5.95. The molecule has 3 aromatic rings. The number of pyridine rings is 1. The summed E-state index contributed by atoms with van der Waals surface area (Å²) in [6.45, 7) is 2.19. The predicted octanol–water partition coefficient (Wildman–Crippen LogP) is 3.15. The molecular formula is C14H13N2OS+. The Hall–Kier alpha value is -1.81. The zero-order valence-corrected chi connectivity index (χ0v) is 11.3. The summed E-state index contributed by atoms with van der Waals surface area (Å²) in [7, 11) is 4.14. The first-order valence-corrected chi connectivity index (χ1v) is 6.74. The van der Waals surface area contributed by atoms with Gasteiger partial charge in [-0.3, -0.25) is 0 Å². The van der Waals surface area contributed by atoms with Gasteiger partial charge in [0.15, 0.2) is 17.7 Å². The third-order valence-electron chi connectivity index (χ3n) is 3.54. The van der Waals surface area contributed by atoms with Gasteiger partial charge in [-0.15, -0.1) is 11.3 Å². The van der Waals surface area contributed by atoms with Crippen molar-refractivity contribution in [3.63, 3.8) is 0 Å². The molecule has 0 fully saturated rings. The van der Waals surface area contributed by atoms with E-state index in [1.807, 2.05) is 23.5 Å². The van der Waals surface area contributed by atoms with Crippen molar-refractivity contribution < 1.29 is 9.30 Å². The molecule has 4 heteroatoms. The van der Waals surface area contributed by atoms with E-state index in [2.05, 4.69) is 42.5 Å². The van der Waals surface area contributed by atoms with E-state index in [1.165, 1.54) is 26.4 Å². The van der Waals surface area contributed by atoms with E-state index in [4.69, 9.17) is 4.74 Å². The number of aromatic nitrogens is 2. The molecule has 0 atom stereocenters. The van der Waals surface area contributed by atoms with Gasteiger partial charge in [-0.25, -0.2) is 0 Å². The summed E-state index contributed by atoms with van der Waals surface area (Å²) < 4.78 is 10.3. The lowest BCUT2D eigenvalue weighted by Crippen LogP contribution is -2.31. The Balaban J connectivity index is 2.24. The van der Waals surface area contributed by atoms with E-state index >= 15 is 0 Å². The molecule has 3 nitrogen and oxygen atoms in total. The highest BCUT2D eigenvalue weighted by atomic mass is 32.1. The number of rotatable bonds is 0. The molecule has 0 aromatic carbocycles. The molecule has 3 aromatic heterocycles. The van der Waals surface area contributed by atoms with E-state index in [-0.39, 0.29) is 0 Å². The fourth-order valence-corrected chi connectivity index (χ4v) is 3.85. The first-order valence-electron chi connectivity index (χ1n) is 5.92. The van der Waals surface area contributed by atoms with Crippen LogP contribution in [0.1, 0.15) is 4.88 Å². The molecule has 0 spiro atoms. The number of hydrogen-bond acceptors (Lipinski definition) is 2. The van der Waals surface area contributed by atoms with E-state index in [0.717, 1.165) is 11.5 Å². The second-order valence-electron chi connectivity index (χ2n) is 4.75. The van der Waals surface area contributed by atoms with Gasteiger partial charge < -0.3 is 9.30 Å². The van der Waals surface area contributed by atoms with Crippen molar-refractivity contribution in [2.24, 2.45) is 14.1 Å². The van der Waals surface area contributed by atoms with E-state index in [0.29, 0.717) is 0 Å². The fourth-order valence-electron chi connectivity index (χ4n) is 2.76. The van der Waals surface area contributed by atoms with E-state index in [9.17, 15) is 0 Å². The summed E-state index contributed by atoms with van der Waals surface area (Å²) >= 11 is 1.83. The molecular weight excluding hydrogens is 244 g/mol. The average molecular weight is 257 g/mol. The molecule has 1 aliphatic rings. The SMILES string of the molecule is Cc1sc2c3c(cn2C)Oc2ccc[n+](C)c2-c13. The van der Waals surface area contributed by atoms with Gasteiger partial charge in [-0.1, -0.05) is 0 Å². The van der Waals surface area contributed by atoms with Gasteiger partial charge in [0.25, 0.3) is 5.69 Å². The van der Waals surface area contributed by atoms with Crippen molar-refractivity contribution >= 4 is 21.6 Å². The Kier molecular flexibility index (Phi) is 1.77.